The molecule has 1 aliphatic rings. The molecule has 4 rings (SSSR count). The molecule has 0 saturated heterocycles. The molecule has 0 saturated carbocycles. The van der Waals surface area contributed by atoms with E-state index >= 15 is 0 Å². The van der Waals surface area contributed by atoms with E-state index in [4.69, 9.17) is 0 Å². The first-order valence-electron chi connectivity index (χ1n) is 10.3. The maximum atomic E-state index is 13.6. The van der Waals surface area contributed by atoms with Gasteiger partial charge in [0.25, 0.3) is 10.0 Å². The van der Waals surface area contributed by atoms with Crippen molar-refractivity contribution >= 4 is 27.3 Å². The predicted octanol–water partition coefficient (Wildman–Crippen LogP) is 4.48. The molecule has 1 heterocycles. The molecule has 0 N–H and O–H groups in total. The van der Waals surface area contributed by atoms with E-state index in [1.165, 1.54) is 4.31 Å². The van der Waals surface area contributed by atoms with E-state index in [-0.39, 0.29) is 23.4 Å². The van der Waals surface area contributed by atoms with Crippen molar-refractivity contribution in [2.24, 2.45) is 0 Å². The molecule has 6 heteroatoms. The minimum Gasteiger partial charge on any atom is -0.307 e. The van der Waals surface area contributed by atoms with Crippen LogP contribution in [0.2, 0.25) is 0 Å². The standard InChI is InChI=1S/C25H26N2O3S/c1-18-13-19(2)15-22(14-18)26(31(29,30)23-10-5-4-6-11-23)17-25(28)27-20(3)16-21-9-7-8-12-24(21)27/h4-15,20H,16-17H2,1-3H3. The number of hydrogen-bond donors (Lipinski definition) is 0. The molecule has 31 heavy (non-hydrogen) atoms. The largest absolute Gasteiger partial charge is 0.307 e. The summed E-state index contributed by atoms with van der Waals surface area (Å²) in [7, 11) is -3.92. The number of rotatable bonds is 5. The summed E-state index contributed by atoms with van der Waals surface area (Å²) in [5.74, 6) is -0.240. The van der Waals surface area contributed by atoms with Crippen molar-refractivity contribution in [2.45, 2.75) is 38.1 Å². The number of anilines is 2. The zero-order valence-electron chi connectivity index (χ0n) is 17.9. The molecule has 1 atom stereocenters. The molecule has 0 spiro atoms. The lowest BCUT2D eigenvalue weighted by Crippen LogP contribution is -2.45. The maximum absolute atomic E-state index is 13.6. The minimum absolute atomic E-state index is 0.0228. The van der Waals surface area contributed by atoms with E-state index < -0.39 is 10.0 Å². The van der Waals surface area contributed by atoms with Crippen molar-refractivity contribution in [3.63, 3.8) is 0 Å². The van der Waals surface area contributed by atoms with Crippen LogP contribution in [0.1, 0.15) is 23.6 Å². The molecule has 160 valence electrons. The van der Waals surface area contributed by atoms with Crippen molar-refractivity contribution < 1.29 is 13.2 Å². The van der Waals surface area contributed by atoms with Gasteiger partial charge in [0.1, 0.15) is 6.54 Å². The number of nitrogens with zero attached hydrogens (tertiary/aromatic N) is 2. The van der Waals surface area contributed by atoms with E-state index in [0.717, 1.165) is 28.8 Å². The Hall–Kier alpha value is -3.12. The van der Waals surface area contributed by atoms with Crippen LogP contribution in [0.25, 0.3) is 0 Å². The molecule has 1 amide bonds. The van der Waals surface area contributed by atoms with Crippen molar-refractivity contribution in [2.75, 3.05) is 15.7 Å². The van der Waals surface area contributed by atoms with Gasteiger partial charge in [-0.05, 0) is 74.2 Å². The summed E-state index contributed by atoms with van der Waals surface area (Å²) < 4.78 is 28.4. The Bertz CT molecular complexity index is 1200. The first-order chi connectivity index (χ1) is 14.8. The van der Waals surface area contributed by atoms with E-state index in [2.05, 4.69) is 0 Å². The summed E-state index contributed by atoms with van der Waals surface area (Å²) in [5, 5.41) is 0. The Morgan fingerprint density at radius 1 is 0.968 bits per heavy atom. The van der Waals surface area contributed by atoms with Crippen molar-refractivity contribution in [3.8, 4) is 0 Å². The molecule has 0 bridgehead atoms. The topological polar surface area (TPSA) is 57.7 Å². The fourth-order valence-corrected chi connectivity index (χ4v) is 5.69. The SMILES string of the molecule is Cc1cc(C)cc(N(CC(=O)N2c3ccccc3CC2C)S(=O)(=O)c2ccccc2)c1. The Morgan fingerprint density at radius 2 is 1.58 bits per heavy atom. The predicted molar refractivity (Wildman–Crippen MR) is 124 cm³/mol. The van der Waals surface area contributed by atoms with E-state index in [1.807, 2.05) is 63.2 Å². The van der Waals surface area contributed by atoms with Gasteiger partial charge in [0.15, 0.2) is 0 Å². The third-order valence-corrected chi connectivity index (χ3v) is 7.37. The lowest BCUT2D eigenvalue weighted by Gasteiger charge is -2.29. The van der Waals surface area contributed by atoms with Crippen LogP contribution in [0.15, 0.2) is 77.7 Å². The zero-order valence-corrected chi connectivity index (χ0v) is 18.8. The second-order valence-electron chi connectivity index (χ2n) is 8.12. The molecular weight excluding hydrogens is 408 g/mol. The first kappa shape index (κ1) is 21.1. The number of carbonyl (C=O) groups excluding carboxylic acids is 1. The summed E-state index contributed by atoms with van der Waals surface area (Å²) in [6.45, 7) is 5.57. The Labute approximate surface area is 184 Å². The van der Waals surface area contributed by atoms with Crippen LogP contribution in [0.4, 0.5) is 11.4 Å². The summed E-state index contributed by atoms with van der Waals surface area (Å²) in [5.41, 5.74) is 4.34. The van der Waals surface area contributed by atoms with Crippen molar-refractivity contribution in [1.29, 1.82) is 0 Å². The molecule has 1 aliphatic heterocycles. The van der Waals surface area contributed by atoms with Crippen molar-refractivity contribution in [1.82, 2.24) is 0 Å². The lowest BCUT2D eigenvalue weighted by atomic mass is 10.1. The number of para-hydroxylation sites is 1. The molecule has 0 aliphatic carbocycles. The van der Waals surface area contributed by atoms with Crippen LogP contribution in [0.3, 0.4) is 0 Å². The number of amides is 1. The molecule has 5 nitrogen and oxygen atoms in total. The number of benzene rings is 3. The smallest absolute Gasteiger partial charge is 0.264 e. The highest BCUT2D eigenvalue weighted by Crippen LogP contribution is 2.33. The van der Waals surface area contributed by atoms with Crippen LogP contribution in [-0.4, -0.2) is 26.9 Å². The van der Waals surface area contributed by atoms with Gasteiger partial charge in [-0.15, -0.1) is 0 Å². The van der Waals surface area contributed by atoms with Gasteiger partial charge in [0, 0.05) is 11.7 Å². The molecule has 0 radical (unpaired) electrons. The van der Waals surface area contributed by atoms with Gasteiger partial charge in [-0.1, -0.05) is 42.5 Å². The normalized spacial score (nSPS) is 15.6. The highest BCUT2D eigenvalue weighted by Gasteiger charge is 2.34. The molecule has 3 aromatic rings. The van der Waals surface area contributed by atoms with Crippen LogP contribution in [0.5, 0.6) is 0 Å². The Kier molecular flexibility index (Phi) is 5.58. The first-order valence-corrected chi connectivity index (χ1v) is 11.8. The highest BCUT2D eigenvalue weighted by atomic mass is 32.2. The fraction of sp³-hybridized carbons (Fsp3) is 0.240. The second kappa shape index (κ2) is 8.19. The van der Waals surface area contributed by atoms with Gasteiger partial charge in [-0.25, -0.2) is 8.42 Å². The Morgan fingerprint density at radius 3 is 2.26 bits per heavy atom. The summed E-state index contributed by atoms with van der Waals surface area (Å²) in [6.07, 6.45) is 0.761. The summed E-state index contributed by atoms with van der Waals surface area (Å²) in [6, 6.07) is 21.6. The number of carbonyl (C=O) groups is 1. The van der Waals surface area contributed by atoms with Gasteiger partial charge in [-0.2, -0.15) is 0 Å². The molecule has 3 aromatic carbocycles. The van der Waals surface area contributed by atoms with Gasteiger partial charge >= 0.3 is 0 Å². The Balaban J connectivity index is 1.76. The van der Waals surface area contributed by atoms with Gasteiger partial charge in [-0.3, -0.25) is 9.10 Å². The quantitative estimate of drug-likeness (QED) is 0.595. The number of sulfonamides is 1. The molecule has 0 fully saturated rings. The van der Waals surface area contributed by atoms with Crippen LogP contribution < -0.4 is 9.21 Å². The number of hydrogen-bond acceptors (Lipinski definition) is 3. The van der Waals surface area contributed by atoms with E-state index in [9.17, 15) is 13.2 Å². The van der Waals surface area contributed by atoms with Crippen LogP contribution in [-0.2, 0) is 21.2 Å². The van der Waals surface area contributed by atoms with Crippen LogP contribution in [0, 0.1) is 13.8 Å². The number of fused-ring (bicyclic) bond motifs is 1. The highest BCUT2D eigenvalue weighted by molar-refractivity contribution is 7.92. The zero-order chi connectivity index (χ0) is 22.2. The van der Waals surface area contributed by atoms with Gasteiger partial charge < -0.3 is 4.90 Å². The summed E-state index contributed by atoms with van der Waals surface area (Å²) >= 11 is 0. The fourth-order valence-electron chi connectivity index (χ4n) is 4.27. The van der Waals surface area contributed by atoms with Crippen molar-refractivity contribution in [3.05, 3.63) is 89.5 Å². The molecule has 1 unspecified atom stereocenters. The maximum Gasteiger partial charge on any atom is 0.264 e. The lowest BCUT2D eigenvalue weighted by molar-refractivity contribution is -0.117. The minimum atomic E-state index is -3.92. The number of aryl methyl sites for hydroxylation is 2. The van der Waals surface area contributed by atoms with Crippen LogP contribution >= 0.6 is 0 Å². The third kappa shape index (κ3) is 4.08. The van der Waals surface area contributed by atoms with Gasteiger partial charge in [0.05, 0.1) is 10.6 Å². The van der Waals surface area contributed by atoms with E-state index in [1.54, 1.807) is 35.2 Å². The second-order valence-corrected chi connectivity index (χ2v) is 9.98. The van der Waals surface area contributed by atoms with Gasteiger partial charge in [0.2, 0.25) is 5.91 Å². The molecule has 0 aromatic heterocycles. The monoisotopic (exact) mass is 434 g/mol. The molecular formula is C25H26N2O3S. The van der Waals surface area contributed by atoms with E-state index in [0.29, 0.717) is 5.69 Å². The summed E-state index contributed by atoms with van der Waals surface area (Å²) in [4.78, 5) is 15.4. The average molecular weight is 435 g/mol. The average Bonchev–Trinajstić information content (AvgIpc) is 3.07. The third-order valence-electron chi connectivity index (χ3n) is 5.58.